The van der Waals surface area contributed by atoms with E-state index in [1.807, 2.05) is 0 Å². The van der Waals surface area contributed by atoms with Crippen molar-refractivity contribution < 1.29 is 72.3 Å². The van der Waals surface area contributed by atoms with Crippen LogP contribution in [0.25, 0.3) is 0 Å². The van der Waals surface area contributed by atoms with E-state index in [9.17, 15) is 72.3 Å². The lowest BCUT2D eigenvalue weighted by Gasteiger charge is -2.33. The van der Waals surface area contributed by atoms with Crippen LogP contribution in [-0.4, -0.2) is 138 Å². The number of benzene rings is 1. The van der Waals surface area contributed by atoms with E-state index in [1.54, 1.807) is 13.8 Å². The summed E-state index contributed by atoms with van der Waals surface area (Å²) >= 11 is 0. The van der Waals surface area contributed by atoms with Gasteiger partial charge in [0.2, 0.25) is 53.2 Å². The molecule has 0 saturated carbocycles. The Hall–Kier alpha value is -6.66. The summed E-state index contributed by atoms with van der Waals surface area (Å²) in [7, 11) is -2.16. The summed E-state index contributed by atoms with van der Waals surface area (Å²) in [5.74, 6) is -13.1. The molecule has 25 heteroatoms. The van der Waals surface area contributed by atoms with Crippen LogP contribution in [0.1, 0.15) is 90.5 Å². The molecule has 0 radical (unpaired) electrons. The lowest BCUT2D eigenvalue weighted by atomic mass is 9.92. The number of phenolic OH excluding ortho intramolecular Hbond substituents is 1. The number of aromatic hydroxyl groups is 1. The van der Waals surface area contributed by atoms with Crippen molar-refractivity contribution in [3.63, 3.8) is 0 Å². The number of hydrogen-bond donors (Lipinski definition) is 12. The summed E-state index contributed by atoms with van der Waals surface area (Å²) in [5, 5.41) is 45.9. The lowest BCUT2D eigenvalue weighted by Crippen LogP contribution is -2.64. The third-order valence-corrected chi connectivity index (χ3v) is 11.4. The average molecular weight is 952 g/mol. The molecule has 1 saturated heterocycles. The van der Waals surface area contributed by atoms with Crippen LogP contribution in [0, 0.1) is 5.92 Å². The Kier molecular flexibility index (Phi) is 22.7. The average Bonchev–Trinajstić information content (AvgIpc) is 3.21. The number of primary amides is 2. The third-order valence-electron chi connectivity index (χ3n) is 10.1. The van der Waals surface area contributed by atoms with Gasteiger partial charge in [-0.05, 0) is 69.1 Å². The van der Waals surface area contributed by atoms with Gasteiger partial charge in [0.15, 0.2) is 0 Å². The molecule has 0 spiro atoms. The summed E-state index contributed by atoms with van der Waals surface area (Å²) in [5.41, 5.74) is 9.05. The lowest BCUT2D eigenvalue weighted by molar-refractivity contribution is -0.141. The van der Waals surface area contributed by atoms with Crippen LogP contribution < -0.4 is 48.7 Å². The van der Waals surface area contributed by atoms with Crippen LogP contribution in [-0.2, 0) is 70.0 Å². The molecule has 24 nitrogen and oxygen atoms in total. The molecule has 14 N–H and O–H groups in total. The number of nitrogens with one attached hydrogen (secondary N) is 7. The van der Waals surface area contributed by atoms with Crippen molar-refractivity contribution in [3.05, 3.63) is 29.8 Å². The molecule has 366 valence electrons. The van der Waals surface area contributed by atoms with Gasteiger partial charge in [-0.25, -0.2) is 0 Å². The number of hydrogen-bond acceptors (Lipinski definition) is 13. The highest BCUT2D eigenvalue weighted by molar-refractivity contribution is 7.85. The quantitative estimate of drug-likeness (QED) is 0.0874. The second-order valence-electron chi connectivity index (χ2n) is 16.5. The van der Waals surface area contributed by atoms with Crippen molar-refractivity contribution in [1.29, 1.82) is 0 Å². The van der Waals surface area contributed by atoms with Gasteiger partial charge in [-0.3, -0.25) is 56.9 Å². The predicted octanol–water partition coefficient (Wildman–Crippen LogP) is -3.19. The molecule has 1 heterocycles. The van der Waals surface area contributed by atoms with Crippen molar-refractivity contribution in [2.75, 3.05) is 18.1 Å². The standard InChI is InChI=1S/C41H61N9O15S/c1-22(2)17-26-38(62)48-27(18-23-10-12-24(51)13-11-23)39(63)50-41(3,15-14-34(57)58)40(64)49-28(19-30(42)52)36(60)44-16-5-4-8-31(53)46-29(35(43)59)20-66(65)21-32(54)45-25(37(61)47-26)7-6-9-33(55)56/h10-13,22,25-29,51H,4-9,14-21H2,1-3H3,(H2,42,52)(H2,43,59)(H,44,60)(H,45,54)(H,46,53)(H,47,61)(H,48,62)(H,49,64)(H,50,63)(H,55,56)(H,57,58)/t25-,26-,27-,28-,29-,41+,66+/m0/s1. The van der Waals surface area contributed by atoms with E-state index >= 15 is 0 Å². The molecule has 9 amide bonds. The van der Waals surface area contributed by atoms with Crippen LogP contribution >= 0.6 is 0 Å². The molecule has 1 aromatic carbocycles. The van der Waals surface area contributed by atoms with Crippen molar-refractivity contribution >= 4 is 75.9 Å². The van der Waals surface area contributed by atoms with Gasteiger partial charge in [0.1, 0.15) is 47.3 Å². The minimum Gasteiger partial charge on any atom is -0.508 e. The molecule has 0 aliphatic carbocycles. The van der Waals surface area contributed by atoms with E-state index in [4.69, 9.17) is 11.5 Å². The van der Waals surface area contributed by atoms with E-state index < -0.39 is 149 Å². The Labute approximate surface area is 382 Å². The maximum Gasteiger partial charge on any atom is 0.303 e. The molecule has 0 bridgehead atoms. The van der Waals surface area contributed by atoms with Crippen LogP contribution in [0.3, 0.4) is 0 Å². The van der Waals surface area contributed by atoms with Gasteiger partial charge in [0.05, 0.1) is 12.2 Å². The molecule has 2 rings (SSSR count). The van der Waals surface area contributed by atoms with Gasteiger partial charge < -0.3 is 64.0 Å². The second kappa shape index (κ2) is 27.0. The molecule has 66 heavy (non-hydrogen) atoms. The molecule has 1 aliphatic rings. The normalized spacial score (nSPS) is 25.1. The summed E-state index contributed by atoms with van der Waals surface area (Å²) in [6.07, 6.45) is -3.14. The van der Waals surface area contributed by atoms with Crippen molar-refractivity contribution in [1.82, 2.24) is 37.2 Å². The van der Waals surface area contributed by atoms with E-state index in [0.717, 1.165) is 6.92 Å². The smallest absolute Gasteiger partial charge is 0.303 e. The van der Waals surface area contributed by atoms with Gasteiger partial charge in [0, 0.05) is 43.0 Å². The minimum atomic E-state index is -2.16. The number of amides is 9. The van der Waals surface area contributed by atoms with Crippen molar-refractivity contribution in [3.8, 4) is 5.75 Å². The van der Waals surface area contributed by atoms with E-state index in [1.165, 1.54) is 24.3 Å². The Bertz CT molecular complexity index is 1980. The van der Waals surface area contributed by atoms with E-state index in [-0.39, 0.29) is 63.2 Å². The fraction of sp³-hybridized carbons (Fsp3) is 0.585. The summed E-state index contributed by atoms with van der Waals surface area (Å²) in [4.78, 5) is 143. The highest BCUT2D eigenvalue weighted by Gasteiger charge is 2.40. The number of nitrogens with two attached hydrogens (primary N) is 2. The second-order valence-corrected chi connectivity index (χ2v) is 18.0. The number of carbonyl (C=O) groups excluding carboxylic acids is 9. The Balaban J connectivity index is 2.69. The summed E-state index contributed by atoms with van der Waals surface area (Å²) in [6.45, 7) is 4.47. The summed E-state index contributed by atoms with van der Waals surface area (Å²) < 4.78 is 13.1. The van der Waals surface area contributed by atoms with Crippen LogP contribution in [0.15, 0.2) is 24.3 Å². The van der Waals surface area contributed by atoms with Gasteiger partial charge >= 0.3 is 11.9 Å². The van der Waals surface area contributed by atoms with Crippen molar-refractivity contribution in [2.45, 2.75) is 127 Å². The summed E-state index contributed by atoms with van der Waals surface area (Å²) in [6, 6.07) is -2.16. The first-order chi connectivity index (χ1) is 30.9. The van der Waals surface area contributed by atoms with Crippen LogP contribution in [0.5, 0.6) is 5.75 Å². The molecule has 7 atom stereocenters. The highest BCUT2D eigenvalue weighted by Crippen LogP contribution is 2.18. The molecule has 1 aromatic rings. The Morgan fingerprint density at radius 1 is 0.773 bits per heavy atom. The number of carbonyl (C=O) groups is 11. The Morgan fingerprint density at radius 2 is 1.39 bits per heavy atom. The van der Waals surface area contributed by atoms with E-state index in [0.29, 0.717) is 5.56 Å². The largest absolute Gasteiger partial charge is 0.508 e. The monoisotopic (exact) mass is 951 g/mol. The van der Waals surface area contributed by atoms with Gasteiger partial charge in [0.25, 0.3) is 0 Å². The fourth-order valence-corrected chi connectivity index (χ4v) is 7.67. The first kappa shape index (κ1) is 55.5. The zero-order chi connectivity index (χ0) is 49.7. The maximum absolute atomic E-state index is 14.3. The highest BCUT2D eigenvalue weighted by atomic mass is 32.2. The Morgan fingerprint density at radius 3 is 1.98 bits per heavy atom. The third kappa shape index (κ3) is 20.5. The maximum atomic E-state index is 14.3. The molecule has 1 aliphatic heterocycles. The molecule has 1 fully saturated rings. The number of phenols is 1. The number of carboxylic acid groups (broad SMARTS) is 2. The molecule has 0 aromatic heterocycles. The zero-order valence-corrected chi connectivity index (χ0v) is 37.8. The first-order valence-corrected chi connectivity index (χ1v) is 22.6. The minimum absolute atomic E-state index is 0.0623. The predicted molar refractivity (Wildman–Crippen MR) is 234 cm³/mol. The molecule has 0 unspecified atom stereocenters. The number of rotatable bonds is 14. The van der Waals surface area contributed by atoms with Crippen LogP contribution in [0.4, 0.5) is 0 Å². The van der Waals surface area contributed by atoms with Gasteiger partial charge in [-0.15, -0.1) is 0 Å². The molecular formula is C41H61N9O15S. The number of carboxylic acids is 2. The van der Waals surface area contributed by atoms with Crippen LogP contribution in [0.2, 0.25) is 0 Å². The fourth-order valence-electron chi connectivity index (χ4n) is 6.56. The number of aliphatic carboxylic acids is 2. The SMILES string of the molecule is CC(C)C[C@@H]1NC(=O)[C@H](CCCC(=O)O)NC(=O)C[S@](=O)C[C@@H](C(N)=O)NC(=O)CCCCNC(=O)[C@H](CC(N)=O)NC(=O)[C@@](C)(CCC(=O)O)NC(=O)[C@H](Cc2ccc(O)cc2)NC1=O. The molecular weight excluding hydrogens is 891 g/mol. The van der Waals surface area contributed by atoms with Gasteiger partial charge in [-0.1, -0.05) is 26.0 Å². The zero-order valence-electron chi connectivity index (χ0n) is 37.0. The van der Waals surface area contributed by atoms with E-state index in [2.05, 4.69) is 37.2 Å². The first-order valence-electron chi connectivity index (χ1n) is 21.1. The van der Waals surface area contributed by atoms with Crippen molar-refractivity contribution in [2.24, 2.45) is 17.4 Å². The topological polar surface area (TPSA) is 402 Å². The van der Waals surface area contributed by atoms with Gasteiger partial charge in [-0.2, -0.15) is 0 Å².